The van der Waals surface area contributed by atoms with Crippen molar-refractivity contribution >= 4 is 5.91 Å². The van der Waals surface area contributed by atoms with Crippen LogP contribution in [0.15, 0.2) is 42.6 Å². The lowest BCUT2D eigenvalue weighted by atomic mass is 10.1. The van der Waals surface area contributed by atoms with Crippen molar-refractivity contribution in [3.05, 3.63) is 65.0 Å². The van der Waals surface area contributed by atoms with E-state index < -0.39 is 0 Å². The minimum atomic E-state index is -0.0197. The summed E-state index contributed by atoms with van der Waals surface area (Å²) >= 11 is 0. The first-order valence-corrected chi connectivity index (χ1v) is 6.57. The molecule has 0 aliphatic rings. The van der Waals surface area contributed by atoms with Crippen LogP contribution >= 0.6 is 0 Å². The average Bonchev–Trinajstić information content (AvgIpc) is 2.47. The van der Waals surface area contributed by atoms with Crippen molar-refractivity contribution < 1.29 is 4.79 Å². The van der Waals surface area contributed by atoms with E-state index in [2.05, 4.69) is 4.98 Å². The quantitative estimate of drug-likeness (QED) is 0.925. The van der Waals surface area contributed by atoms with Gasteiger partial charge in [-0.15, -0.1) is 0 Å². The van der Waals surface area contributed by atoms with Gasteiger partial charge in [-0.1, -0.05) is 24.3 Å². The highest BCUT2D eigenvalue weighted by Crippen LogP contribution is 2.11. The van der Waals surface area contributed by atoms with Gasteiger partial charge in [-0.25, -0.2) is 0 Å². The van der Waals surface area contributed by atoms with Crippen molar-refractivity contribution in [3.63, 3.8) is 0 Å². The molecule has 4 nitrogen and oxygen atoms in total. The van der Waals surface area contributed by atoms with Crippen LogP contribution in [0.2, 0.25) is 0 Å². The number of aromatic nitrogens is 1. The number of nitrogens with two attached hydrogens (primary N) is 1. The Morgan fingerprint density at radius 3 is 2.70 bits per heavy atom. The van der Waals surface area contributed by atoms with Gasteiger partial charge in [-0.05, 0) is 30.2 Å². The highest BCUT2D eigenvalue weighted by molar-refractivity contribution is 5.94. The number of aryl methyl sites for hydroxylation is 1. The Morgan fingerprint density at radius 1 is 1.25 bits per heavy atom. The first kappa shape index (κ1) is 14.2. The van der Waals surface area contributed by atoms with Gasteiger partial charge >= 0.3 is 0 Å². The van der Waals surface area contributed by atoms with Crippen LogP contribution in [0.25, 0.3) is 0 Å². The normalized spacial score (nSPS) is 10.3. The summed E-state index contributed by atoms with van der Waals surface area (Å²) in [6, 6.07) is 11.6. The third kappa shape index (κ3) is 3.22. The van der Waals surface area contributed by atoms with Crippen LogP contribution in [0.4, 0.5) is 0 Å². The van der Waals surface area contributed by atoms with Crippen LogP contribution in [0.1, 0.15) is 27.2 Å². The maximum absolute atomic E-state index is 12.4. The van der Waals surface area contributed by atoms with E-state index in [-0.39, 0.29) is 5.91 Å². The minimum absolute atomic E-state index is 0.0197. The summed E-state index contributed by atoms with van der Waals surface area (Å²) in [6.45, 7) is 2.91. The standard InChI is InChI=1S/C16H19N3O/c1-12-15(7-4-8-18-12)16(20)19(2)11-14-6-3-5-13(9-14)10-17/h3-9H,10-11,17H2,1-2H3. The molecule has 4 heteroatoms. The van der Waals surface area contributed by atoms with Crippen molar-refractivity contribution in [2.24, 2.45) is 5.73 Å². The summed E-state index contributed by atoms with van der Waals surface area (Å²) in [4.78, 5) is 18.2. The number of pyridine rings is 1. The molecule has 1 aromatic heterocycles. The van der Waals surface area contributed by atoms with Crippen molar-refractivity contribution in [2.75, 3.05) is 7.05 Å². The monoisotopic (exact) mass is 269 g/mol. The summed E-state index contributed by atoms with van der Waals surface area (Å²) in [7, 11) is 1.80. The first-order valence-electron chi connectivity index (χ1n) is 6.57. The van der Waals surface area contributed by atoms with Gasteiger partial charge in [-0.2, -0.15) is 0 Å². The van der Waals surface area contributed by atoms with Crippen molar-refractivity contribution in [3.8, 4) is 0 Å². The van der Waals surface area contributed by atoms with Crippen LogP contribution in [0, 0.1) is 6.92 Å². The lowest BCUT2D eigenvalue weighted by Gasteiger charge is -2.18. The smallest absolute Gasteiger partial charge is 0.255 e. The van der Waals surface area contributed by atoms with Gasteiger partial charge in [0.15, 0.2) is 0 Å². The highest BCUT2D eigenvalue weighted by atomic mass is 16.2. The third-order valence-corrected chi connectivity index (χ3v) is 3.23. The molecular weight excluding hydrogens is 250 g/mol. The van der Waals surface area contributed by atoms with Crippen LogP contribution in [-0.4, -0.2) is 22.8 Å². The maximum Gasteiger partial charge on any atom is 0.255 e. The van der Waals surface area contributed by atoms with Gasteiger partial charge in [0.1, 0.15) is 0 Å². The molecule has 0 bridgehead atoms. The molecule has 2 rings (SSSR count). The molecule has 0 unspecified atom stereocenters. The largest absolute Gasteiger partial charge is 0.337 e. The summed E-state index contributed by atoms with van der Waals surface area (Å²) < 4.78 is 0. The van der Waals surface area contributed by atoms with Crippen LogP contribution in [0.3, 0.4) is 0 Å². The molecule has 0 aliphatic heterocycles. The van der Waals surface area contributed by atoms with E-state index in [9.17, 15) is 4.79 Å². The number of nitrogens with zero attached hydrogens (tertiary/aromatic N) is 2. The molecule has 0 radical (unpaired) electrons. The van der Waals surface area contributed by atoms with Crippen molar-refractivity contribution in [1.82, 2.24) is 9.88 Å². The van der Waals surface area contributed by atoms with Gasteiger partial charge in [0, 0.05) is 32.0 Å². The highest BCUT2D eigenvalue weighted by Gasteiger charge is 2.14. The molecule has 0 spiro atoms. The van der Waals surface area contributed by atoms with Crippen molar-refractivity contribution in [2.45, 2.75) is 20.0 Å². The fraction of sp³-hybridized carbons (Fsp3) is 0.250. The van der Waals surface area contributed by atoms with Gasteiger partial charge in [0.2, 0.25) is 0 Å². The summed E-state index contributed by atoms with van der Waals surface area (Å²) in [6.07, 6.45) is 1.69. The number of hydrogen-bond acceptors (Lipinski definition) is 3. The molecule has 104 valence electrons. The topological polar surface area (TPSA) is 59.2 Å². The second-order valence-electron chi connectivity index (χ2n) is 4.82. The number of amides is 1. The van der Waals surface area contributed by atoms with Gasteiger partial charge in [-0.3, -0.25) is 9.78 Å². The lowest BCUT2D eigenvalue weighted by Crippen LogP contribution is -2.27. The molecule has 0 saturated carbocycles. The van der Waals surface area contributed by atoms with E-state index in [1.807, 2.05) is 31.2 Å². The van der Waals surface area contributed by atoms with Crippen LogP contribution in [-0.2, 0) is 13.1 Å². The van der Waals surface area contributed by atoms with Crippen LogP contribution < -0.4 is 5.73 Å². The van der Waals surface area contributed by atoms with E-state index in [0.717, 1.165) is 16.8 Å². The molecule has 2 N–H and O–H groups in total. The fourth-order valence-electron chi connectivity index (χ4n) is 2.12. The lowest BCUT2D eigenvalue weighted by molar-refractivity contribution is 0.0784. The average molecular weight is 269 g/mol. The zero-order valence-corrected chi connectivity index (χ0v) is 11.8. The zero-order chi connectivity index (χ0) is 14.5. The number of rotatable bonds is 4. The Labute approximate surface area is 119 Å². The molecule has 0 atom stereocenters. The molecule has 2 aromatic rings. The minimum Gasteiger partial charge on any atom is -0.337 e. The van der Waals surface area contributed by atoms with E-state index in [0.29, 0.717) is 18.7 Å². The Balaban J connectivity index is 2.13. The Kier molecular flexibility index (Phi) is 4.48. The zero-order valence-electron chi connectivity index (χ0n) is 11.8. The fourth-order valence-corrected chi connectivity index (χ4v) is 2.12. The molecule has 1 heterocycles. The van der Waals surface area contributed by atoms with E-state index >= 15 is 0 Å². The Bertz CT molecular complexity index is 610. The van der Waals surface area contributed by atoms with E-state index in [1.54, 1.807) is 30.3 Å². The second-order valence-corrected chi connectivity index (χ2v) is 4.82. The summed E-state index contributed by atoms with van der Waals surface area (Å²) in [5, 5.41) is 0. The molecule has 0 aliphatic carbocycles. The number of carbonyl (C=O) groups is 1. The maximum atomic E-state index is 12.4. The Hall–Kier alpha value is -2.20. The molecule has 1 aromatic carbocycles. The molecule has 0 fully saturated rings. The molecular formula is C16H19N3O. The summed E-state index contributed by atoms with van der Waals surface area (Å²) in [5.41, 5.74) is 9.17. The first-order chi connectivity index (χ1) is 9.61. The number of benzene rings is 1. The van der Waals surface area contributed by atoms with E-state index in [1.165, 1.54) is 0 Å². The number of carbonyl (C=O) groups excluding carboxylic acids is 1. The third-order valence-electron chi connectivity index (χ3n) is 3.23. The predicted molar refractivity (Wildman–Crippen MR) is 79.1 cm³/mol. The molecule has 20 heavy (non-hydrogen) atoms. The van der Waals surface area contributed by atoms with Crippen molar-refractivity contribution in [1.29, 1.82) is 0 Å². The van der Waals surface area contributed by atoms with Crippen LogP contribution in [0.5, 0.6) is 0 Å². The van der Waals surface area contributed by atoms with Gasteiger partial charge < -0.3 is 10.6 Å². The van der Waals surface area contributed by atoms with E-state index in [4.69, 9.17) is 5.73 Å². The molecule has 0 saturated heterocycles. The Morgan fingerprint density at radius 2 is 2.00 bits per heavy atom. The van der Waals surface area contributed by atoms with Gasteiger partial charge in [0.25, 0.3) is 5.91 Å². The molecule has 1 amide bonds. The predicted octanol–water partition coefficient (Wildman–Crippen LogP) is 2.12. The second kappa shape index (κ2) is 6.30. The summed E-state index contributed by atoms with van der Waals surface area (Å²) in [5.74, 6) is -0.0197. The SMILES string of the molecule is Cc1ncccc1C(=O)N(C)Cc1cccc(CN)c1. The number of hydrogen-bond donors (Lipinski definition) is 1. The van der Waals surface area contributed by atoms with Gasteiger partial charge in [0.05, 0.1) is 5.56 Å².